The summed E-state index contributed by atoms with van der Waals surface area (Å²) in [5, 5.41) is 3.25. The molecule has 14 heteroatoms. The van der Waals surface area contributed by atoms with Crippen LogP contribution < -0.4 is 14.2 Å². The number of thiophene rings is 2. The van der Waals surface area contributed by atoms with Crippen molar-refractivity contribution >= 4 is 106 Å². The second kappa shape index (κ2) is 11.8. The smallest absolute Gasteiger partial charge is 0.375 e. The summed E-state index contributed by atoms with van der Waals surface area (Å²) in [6.07, 6.45) is 3.53. The molecule has 1 aliphatic heterocycles. The van der Waals surface area contributed by atoms with E-state index >= 15 is 0 Å². The van der Waals surface area contributed by atoms with E-state index in [-0.39, 0.29) is 11.8 Å². The molecule has 0 atom stereocenters. The fourth-order valence-corrected chi connectivity index (χ4v) is 9.63. The Balaban J connectivity index is 1.31. The van der Waals surface area contributed by atoms with Crippen LogP contribution >= 0.6 is 22.7 Å². The van der Waals surface area contributed by atoms with Crippen LogP contribution in [0.15, 0.2) is 118 Å². The molecule has 0 radical (unpaired) electrons. The van der Waals surface area contributed by atoms with Gasteiger partial charge in [0.1, 0.15) is 0 Å². The van der Waals surface area contributed by atoms with Gasteiger partial charge in [0, 0.05) is 52.5 Å². The van der Waals surface area contributed by atoms with Crippen molar-refractivity contribution in [2.75, 3.05) is 4.90 Å². The molecule has 0 saturated heterocycles. The standard InChI is InChI=1S/C36H24N2O8S4/c1-3-9-36(50(42,43)44)38-27-19-33-25(23-11-6-8-13-31(23)48-33)17-29(27)46-35(38)15-21(4-2)14-34-37(20-49(39,40)41)26-18-32-24(16-28(26)45-34)22-10-5-7-12-30(22)47-32/h5-8,10-19H,1,4,20H2,2H3,(H-,39,40,41,42,43,44)/p+1. The van der Waals surface area contributed by atoms with Gasteiger partial charge in [-0.05, 0) is 54.6 Å². The van der Waals surface area contributed by atoms with Gasteiger partial charge in [-0.3, -0.25) is 14.0 Å². The number of oxazole rings is 1. The zero-order valence-corrected chi connectivity index (χ0v) is 29.3. The summed E-state index contributed by atoms with van der Waals surface area (Å²) in [5.41, 5.74) is 6.50. The maximum absolute atomic E-state index is 12.7. The summed E-state index contributed by atoms with van der Waals surface area (Å²) in [7, 11) is -9.36. The number of aromatic nitrogens is 1. The summed E-state index contributed by atoms with van der Waals surface area (Å²) in [4.78, 5) is 1.22. The quantitative estimate of drug-likeness (QED) is 0.0936. The largest absolute Gasteiger partial charge is 0.438 e. The highest BCUT2D eigenvalue weighted by molar-refractivity contribution is 7.90. The van der Waals surface area contributed by atoms with E-state index in [0.717, 1.165) is 40.3 Å². The van der Waals surface area contributed by atoms with Gasteiger partial charge in [0.05, 0.1) is 11.8 Å². The monoisotopic (exact) mass is 741 g/mol. The minimum absolute atomic E-state index is 0.0230. The van der Waals surface area contributed by atoms with E-state index < -0.39 is 31.1 Å². The molecule has 0 amide bonds. The first kappa shape index (κ1) is 32.2. The summed E-state index contributed by atoms with van der Waals surface area (Å²) in [6.45, 7) is 5.30. The zero-order chi connectivity index (χ0) is 34.9. The molecule has 4 aromatic carbocycles. The fraction of sp³-hybridized carbons (Fsp3) is 0.0833. The Kier molecular flexibility index (Phi) is 7.60. The number of nitrogens with zero attached hydrogens (tertiary/aromatic N) is 2. The second-order valence-corrected chi connectivity index (χ2v) is 16.4. The molecule has 8 rings (SSSR count). The Hall–Kier alpha value is -5.01. The van der Waals surface area contributed by atoms with Gasteiger partial charge >= 0.3 is 26.1 Å². The first-order valence-corrected chi connectivity index (χ1v) is 19.8. The van der Waals surface area contributed by atoms with Crippen molar-refractivity contribution in [2.24, 2.45) is 0 Å². The van der Waals surface area contributed by atoms with E-state index in [1.165, 1.54) is 20.8 Å². The van der Waals surface area contributed by atoms with Gasteiger partial charge in [-0.1, -0.05) is 49.1 Å². The van der Waals surface area contributed by atoms with E-state index in [1.807, 2.05) is 73.7 Å². The average Bonchev–Trinajstić information content (AvgIpc) is 3.80. The third kappa shape index (κ3) is 5.54. The predicted molar refractivity (Wildman–Crippen MR) is 197 cm³/mol. The van der Waals surface area contributed by atoms with Crippen LogP contribution in [0.4, 0.5) is 5.69 Å². The lowest BCUT2D eigenvalue weighted by atomic mass is 10.1. The second-order valence-electron chi connectivity index (χ2n) is 11.5. The van der Waals surface area contributed by atoms with Crippen LogP contribution in [0.5, 0.6) is 5.75 Å². The van der Waals surface area contributed by atoms with Crippen LogP contribution in [-0.4, -0.2) is 25.9 Å². The lowest BCUT2D eigenvalue weighted by Gasteiger charge is -2.18. The number of benzene rings is 4. The molecular weight excluding hydrogens is 717 g/mol. The summed E-state index contributed by atoms with van der Waals surface area (Å²) in [5.74, 6) is -0.283. The van der Waals surface area contributed by atoms with E-state index in [4.69, 9.17) is 9.15 Å². The molecule has 0 aliphatic carbocycles. The molecule has 50 heavy (non-hydrogen) atoms. The molecule has 0 saturated carbocycles. The normalized spacial score (nSPS) is 14.6. The Labute approximate surface area is 293 Å². The van der Waals surface area contributed by atoms with Gasteiger partial charge in [-0.15, -0.1) is 27.2 Å². The highest BCUT2D eigenvalue weighted by Gasteiger charge is 2.36. The van der Waals surface area contributed by atoms with Crippen LogP contribution in [0.3, 0.4) is 0 Å². The molecule has 250 valence electrons. The number of rotatable bonds is 7. The molecule has 0 unspecified atom stereocenters. The van der Waals surface area contributed by atoms with Crippen LogP contribution in [-0.2, 0) is 26.1 Å². The van der Waals surface area contributed by atoms with E-state index in [0.29, 0.717) is 34.5 Å². The molecule has 1 aliphatic rings. The summed E-state index contributed by atoms with van der Waals surface area (Å²) < 4.78 is 87.9. The van der Waals surface area contributed by atoms with Gasteiger partial charge in [0.2, 0.25) is 16.5 Å². The Morgan fingerprint density at radius 1 is 0.900 bits per heavy atom. The van der Waals surface area contributed by atoms with Crippen LogP contribution in [0.25, 0.3) is 57.5 Å². The number of anilines is 1. The van der Waals surface area contributed by atoms with Crippen molar-refractivity contribution in [3.63, 3.8) is 0 Å². The van der Waals surface area contributed by atoms with Crippen molar-refractivity contribution in [1.29, 1.82) is 0 Å². The van der Waals surface area contributed by atoms with Gasteiger partial charge < -0.3 is 9.15 Å². The van der Waals surface area contributed by atoms with Crippen LogP contribution in [0.1, 0.15) is 19.2 Å². The molecule has 10 nitrogen and oxygen atoms in total. The number of fused-ring (bicyclic) bond motifs is 8. The molecule has 4 heterocycles. The summed E-state index contributed by atoms with van der Waals surface area (Å²) in [6, 6.07) is 23.1. The molecule has 2 N–H and O–H groups in total. The third-order valence-electron chi connectivity index (χ3n) is 8.32. The van der Waals surface area contributed by atoms with Crippen molar-refractivity contribution in [3.05, 3.63) is 119 Å². The van der Waals surface area contributed by atoms with Gasteiger partial charge in [-0.2, -0.15) is 16.8 Å². The number of allylic oxidation sites excluding steroid dienone is 2. The van der Waals surface area contributed by atoms with E-state index in [1.54, 1.807) is 29.6 Å². The first-order chi connectivity index (χ1) is 23.9. The molecular formula is C36H25N2O8S4+. The number of hydrogen-bond acceptors (Lipinski definition) is 9. The van der Waals surface area contributed by atoms with Crippen molar-refractivity contribution < 1.29 is 39.7 Å². The molecule has 0 bridgehead atoms. The minimum atomic E-state index is -4.86. The van der Waals surface area contributed by atoms with Crippen LogP contribution in [0.2, 0.25) is 0 Å². The molecule has 7 aromatic rings. The van der Waals surface area contributed by atoms with E-state index in [9.17, 15) is 25.9 Å². The molecule has 0 fully saturated rings. The molecule has 0 spiro atoms. The Morgan fingerprint density at radius 3 is 2.16 bits per heavy atom. The lowest BCUT2D eigenvalue weighted by molar-refractivity contribution is -0.658. The molecule has 3 aromatic heterocycles. The van der Waals surface area contributed by atoms with Gasteiger partial charge in [0.15, 0.2) is 5.75 Å². The average molecular weight is 742 g/mol. The topological polar surface area (TPSA) is 138 Å². The highest BCUT2D eigenvalue weighted by Crippen LogP contribution is 2.48. The van der Waals surface area contributed by atoms with Crippen LogP contribution in [0, 0.1) is 0 Å². The maximum Gasteiger partial charge on any atom is 0.375 e. The minimum Gasteiger partial charge on any atom is -0.438 e. The lowest BCUT2D eigenvalue weighted by Crippen LogP contribution is -2.39. The number of hydrogen-bond donors (Lipinski definition) is 2. The Morgan fingerprint density at radius 2 is 1.54 bits per heavy atom. The highest BCUT2D eigenvalue weighted by atomic mass is 32.2. The first-order valence-electron chi connectivity index (χ1n) is 15.1. The predicted octanol–water partition coefficient (Wildman–Crippen LogP) is 8.50. The van der Waals surface area contributed by atoms with Gasteiger partial charge in [-0.25, -0.2) is 0 Å². The van der Waals surface area contributed by atoms with Gasteiger partial charge in [0.25, 0.3) is 11.4 Å². The van der Waals surface area contributed by atoms with Crippen molar-refractivity contribution in [1.82, 2.24) is 0 Å². The third-order valence-corrected chi connectivity index (χ3v) is 11.9. The van der Waals surface area contributed by atoms with E-state index in [2.05, 4.69) is 18.0 Å². The fourth-order valence-electron chi connectivity index (χ4n) is 6.18. The van der Waals surface area contributed by atoms with Crippen molar-refractivity contribution in [2.45, 2.75) is 19.2 Å². The Bertz CT molecular complexity index is 2970. The zero-order valence-electron chi connectivity index (χ0n) is 26.1. The SMILES string of the molecule is C=C=C=C(N1C(=CC(=Cc2oc3cc4c(cc3[n+]2CS(=O)(=O)O)sc2ccccc24)CC)Oc2cc3c(cc21)sc1ccccc13)S(=O)(=O)O. The maximum atomic E-state index is 12.7. The number of ether oxygens (including phenoxy) is 1. The van der Waals surface area contributed by atoms with Crippen molar-refractivity contribution in [3.8, 4) is 5.75 Å². The summed E-state index contributed by atoms with van der Waals surface area (Å²) >= 11 is 3.08.